The van der Waals surface area contributed by atoms with Crippen molar-refractivity contribution in [3.63, 3.8) is 0 Å². The van der Waals surface area contributed by atoms with Gasteiger partial charge in [0.1, 0.15) is 11.6 Å². The number of aromatic nitrogens is 4. The highest BCUT2D eigenvalue weighted by molar-refractivity contribution is 5.78. The Labute approximate surface area is 159 Å². The third-order valence-electron chi connectivity index (χ3n) is 6.22. The maximum absolute atomic E-state index is 12.4. The lowest BCUT2D eigenvalue weighted by atomic mass is 9.73. The molecule has 1 aliphatic carbocycles. The molecule has 2 aromatic heterocycles. The fraction of sp³-hybridized carbons (Fsp3) is 0.600. The van der Waals surface area contributed by atoms with Crippen LogP contribution in [0.15, 0.2) is 24.5 Å². The monoisotopic (exact) mass is 366 g/mol. The van der Waals surface area contributed by atoms with Gasteiger partial charge < -0.3 is 9.80 Å². The van der Waals surface area contributed by atoms with Crippen LogP contribution in [0, 0.1) is 12.3 Å². The van der Waals surface area contributed by atoms with Crippen LogP contribution >= 0.6 is 0 Å². The van der Waals surface area contributed by atoms with Crippen LogP contribution in [0.2, 0.25) is 0 Å². The number of piperidine rings is 2. The molecule has 0 bridgehead atoms. The Morgan fingerprint density at radius 1 is 1.15 bits per heavy atom. The molecule has 7 nitrogen and oxygen atoms in total. The summed E-state index contributed by atoms with van der Waals surface area (Å²) >= 11 is 0. The molecule has 1 atom stereocenters. The fourth-order valence-electron chi connectivity index (χ4n) is 4.72. The summed E-state index contributed by atoms with van der Waals surface area (Å²) in [5.41, 5.74) is 0.208. The minimum absolute atomic E-state index is 0.208. The number of carbonyl (C=O) groups is 1. The van der Waals surface area contributed by atoms with Gasteiger partial charge in [0.05, 0.1) is 0 Å². The van der Waals surface area contributed by atoms with Gasteiger partial charge in [0.25, 0.3) is 0 Å². The van der Waals surface area contributed by atoms with Crippen molar-refractivity contribution < 1.29 is 4.79 Å². The molecule has 0 aromatic carbocycles. The summed E-state index contributed by atoms with van der Waals surface area (Å²) in [6, 6.07) is 4.45. The fourth-order valence-corrected chi connectivity index (χ4v) is 4.72. The number of likely N-dealkylation sites (tertiary alicyclic amines) is 1. The van der Waals surface area contributed by atoms with Crippen LogP contribution in [-0.2, 0) is 4.79 Å². The Morgan fingerprint density at radius 3 is 2.78 bits per heavy atom. The lowest BCUT2D eigenvalue weighted by Gasteiger charge is -2.48. The number of carbonyl (C=O) groups excluding carboxylic acids is 1. The van der Waals surface area contributed by atoms with E-state index in [4.69, 9.17) is 4.98 Å². The van der Waals surface area contributed by atoms with E-state index in [1.165, 1.54) is 19.3 Å². The van der Waals surface area contributed by atoms with Crippen molar-refractivity contribution in [1.82, 2.24) is 24.6 Å². The SMILES string of the molecule is Cc1nc(N2CCC[C@]3(CCC(=O)N(C4CC4)C3)C2)cc(-n2cccn2)n1. The van der Waals surface area contributed by atoms with Crippen LogP contribution in [-0.4, -0.2) is 56.2 Å². The van der Waals surface area contributed by atoms with Crippen molar-refractivity contribution in [3.8, 4) is 5.82 Å². The van der Waals surface area contributed by atoms with Crippen LogP contribution in [0.4, 0.5) is 5.82 Å². The molecule has 5 rings (SSSR count). The molecule has 2 aromatic rings. The molecule has 0 unspecified atom stereocenters. The van der Waals surface area contributed by atoms with E-state index in [2.05, 4.69) is 19.9 Å². The molecular formula is C20H26N6O. The third-order valence-corrected chi connectivity index (χ3v) is 6.22. The molecule has 142 valence electrons. The summed E-state index contributed by atoms with van der Waals surface area (Å²) in [5.74, 6) is 2.90. The van der Waals surface area contributed by atoms with Gasteiger partial charge in [-0.25, -0.2) is 14.6 Å². The van der Waals surface area contributed by atoms with Gasteiger partial charge in [-0.3, -0.25) is 4.79 Å². The van der Waals surface area contributed by atoms with E-state index < -0.39 is 0 Å². The largest absolute Gasteiger partial charge is 0.356 e. The minimum atomic E-state index is 0.208. The average molecular weight is 366 g/mol. The first kappa shape index (κ1) is 16.7. The van der Waals surface area contributed by atoms with Crippen LogP contribution < -0.4 is 4.90 Å². The molecule has 1 saturated carbocycles. The van der Waals surface area contributed by atoms with Crippen LogP contribution in [0.5, 0.6) is 0 Å². The van der Waals surface area contributed by atoms with Gasteiger partial charge in [-0.1, -0.05) is 0 Å². The van der Waals surface area contributed by atoms with Crippen molar-refractivity contribution in [2.24, 2.45) is 5.41 Å². The zero-order valence-electron chi connectivity index (χ0n) is 15.8. The van der Waals surface area contributed by atoms with Crippen molar-refractivity contribution in [1.29, 1.82) is 0 Å². The Morgan fingerprint density at radius 2 is 2.00 bits per heavy atom. The maximum atomic E-state index is 12.4. The van der Waals surface area contributed by atoms with Gasteiger partial charge in [-0.15, -0.1) is 0 Å². The van der Waals surface area contributed by atoms with Crippen molar-refractivity contribution in [3.05, 3.63) is 30.4 Å². The quantitative estimate of drug-likeness (QED) is 0.834. The third kappa shape index (κ3) is 3.19. The number of aryl methyl sites for hydroxylation is 1. The molecule has 4 heterocycles. The standard InChI is InChI=1S/C20H26N6O/c1-15-22-17(12-18(23-15)26-11-3-9-21-26)24-10-2-7-20(13-24)8-6-19(27)25(14-20)16-4-5-16/h3,9,11-12,16H,2,4-8,10,13-14H2,1H3/t20-/m0/s1. The molecule has 27 heavy (non-hydrogen) atoms. The van der Waals surface area contributed by atoms with Crippen LogP contribution in [0.25, 0.3) is 5.82 Å². The van der Waals surface area contributed by atoms with Gasteiger partial charge in [0.15, 0.2) is 5.82 Å². The van der Waals surface area contributed by atoms with Crippen molar-refractivity contribution in [2.45, 2.75) is 51.5 Å². The molecule has 0 N–H and O–H groups in total. The Hall–Kier alpha value is -2.44. The number of hydrogen-bond donors (Lipinski definition) is 0. The first-order valence-corrected chi connectivity index (χ1v) is 10.0. The summed E-state index contributed by atoms with van der Waals surface area (Å²) in [5, 5.41) is 4.31. The summed E-state index contributed by atoms with van der Waals surface area (Å²) in [7, 11) is 0. The lowest BCUT2D eigenvalue weighted by molar-refractivity contribution is -0.138. The normalized spacial score (nSPS) is 26.0. The molecule has 3 aliphatic rings. The topological polar surface area (TPSA) is 67.2 Å². The zero-order chi connectivity index (χ0) is 18.4. The van der Waals surface area contributed by atoms with E-state index in [0.717, 1.165) is 49.9 Å². The predicted octanol–water partition coefficient (Wildman–Crippen LogP) is 2.34. The highest BCUT2D eigenvalue weighted by Crippen LogP contribution is 2.43. The van der Waals surface area contributed by atoms with E-state index in [-0.39, 0.29) is 5.41 Å². The summed E-state index contributed by atoms with van der Waals surface area (Å²) < 4.78 is 1.78. The molecule has 1 spiro atoms. The van der Waals surface area contributed by atoms with E-state index in [1.807, 2.05) is 25.3 Å². The first-order valence-electron chi connectivity index (χ1n) is 10.0. The minimum Gasteiger partial charge on any atom is -0.356 e. The number of anilines is 1. The molecule has 2 aliphatic heterocycles. The van der Waals surface area contributed by atoms with Crippen molar-refractivity contribution >= 4 is 11.7 Å². The highest BCUT2D eigenvalue weighted by atomic mass is 16.2. The summed E-state index contributed by atoms with van der Waals surface area (Å²) in [6.45, 7) is 4.83. The summed E-state index contributed by atoms with van der Waals surface area (Å²) in [6.07, 6.45) is 10.1. The van der Waals surface area contributed by atoms with Crippen LogP contribution in [0.1, 0.15) is 44.3 Å². The van der Waals surface area contributed by atoms with Crippen LogP contribution in [0.3, 0.4) is 0 Å². The van der Waals surface area contributed by atoms with Gasteiger partial charge in [0, 0.05) is 56.0 Å². The van der Waals surface area contributed by atoms with E-state index >= 15 is 0 Å². The van der Waals surface area contributed by atoms with Gasteiger partial charge >= 0.3 is 0 Å². The van der Waals surface area contributed by atoms with Gasteiger partial charge in [0.2, 0.25) is 5.91 Å². The van der Waals surface area contributed by atoms with E-state index in [1.54, 1.807) is 10.9 Å². The zero-order valence-corrected chi connectivity index (χ0v) is 15.8. The van der Waals surface area contributed by atoms with Crippen molar-refractivity contribution in [2.75, 3.05) is 24.5 Å². The average Bonchev–Trinajstić information content (AvgIpc) is 3.37. The second kappa shape index (κ2) is 6.32. The summed E-state index contributed by atoms with van der Waals surface area (Å²) in [4.78, 5) is 26.2. The Kier molecular flexibility index (Phi) is 3.91. The number of amides is 1. The maximum Gasteiger partial charge on any atom is 0.222 e. The molecular weight excluding hydrogens is 340 g/mol. The molecule has 2 saturated heterocycles. The second-order valence-corrected chi connectivity index (χ2v) is 8.36. The Balaban J connectivity index is 1.40. The smallest absolute Gasteiger partial charge is 0.222 e. The highest BCUT2D eigenvalue weighted by Gasteiger charge is 2.45. The molecule has 1 amide bonds. The molecule has 0 radical (unpaired) electrons. The molecule has 3 fully saturated rings. The second-order valence-electron chi connectivity index (χ2n) is 8.36. The van der Waals surface area contributed by atoms with E-state index in [9.17, 15) is 4.79 Å². The van der Waals surface area contributed by atoms with E-state index in [0.29, 0.717) is 18.4 Å². The number of nitrogens with zero attached hydrogens (tertiary/aromatic N) is 6. The first-order chi connectivity index (χ1) is 13.1. The van der Waals surface area contributed by atoms with Gasteiger partial charge in [-0.2, -0.15) is 5.10 Å². The molecule has 7 heteroatoms. The number of rotatable bonds is 3. The van der Waals surface area contributed by atoms with Gasteiger partial charge in [-0.05, 0) is 45.1 Å². The predicted molar refractivity (Wildman–Crippen MR) is 102 cm³/mol. The number of hydrogen-bond acceptors (Lipinski definition) is 5. The lowest BCUT2D eigenvalue weighted by Crippen LogP contribution is -2.54. The Bertz CT molecular complexity index is 846.